The molecule has 2 aromatic carbocycles. The van der Waals surface area contributed by atoms with Crippen molar-refractivity contribution in [1.82, 2.24) is 24.9 Å². The number of aromatic nitrogens is 2. The topological polar surface area (TPSA) is 129 Å². The van der Waals surface area contributed by atoms with Crippen molar-refractivity contribution < 1.29 is 19.2 Å². The SMILES string of the molecule is CCC(=O)N[C@H](Cc1ccc(NC(=O)[C@@H](C(=O)Nc2ccnn2C)C2CCCCC2)cc1)C(=O)N1CCN(C)C[C@H]1Cc1ccccc1. The highest BCUT2D eigenvalue weighted by atomic mass is 16.2. The van der Waals surface area contributed by atoms with Gasteiger partial charge in [0.2, 0.25) is 23.6 Å². The van der Waals surface area contributed by atoms with Crippen LogP contribution in [0.4, 0.5) is 11.5 Å². The number of carbonyl (C=O) groups is 4. The number of benzene rings is 2. The molecule has 256 valence electrons. The summed E-state index contributed by atoms with van der Waals surface area (Å²) in [7, 11) is 3.81. The lowest BCUT2D eigenvalue weighted by molar-refractivity contribution is -0.140. The first-order chi connectivity index (χ1) is 23.2. The Bertz CT molecular complexity index is 1530. The Hall–Kier alpha value is -4.51. The van der Waals surface area contributed by atoms with Crippen molar-refractivity contribution in [3.8, 4) is 0 Å². The third-order valence-electron chi connectivity index (χ3n) is 9.66. The molecule has 11 heteroatoms. The Balaban J connectivity index is 1.28. The van der Waals surface area contributed by atoms with E-state index in [0.717, 1.165) is 57.2 Å². The van der Waals surface area contributed by atoms with E-state index in [-0.39, 0.29) is 42.0 Å². The normalized spacial score (nSPS) is 18.5. The summed E-state index contributed by atoms with van der Waals surface area (Å²) in [6.45, 7) is 3.89. The van der Waals surface area contributed by atoms with Crippen LogP contribution in [-0.2, 0) is 39.1 Å². The Labute approximate surface area is 283 Å². The molecule has 2 heterocycles. The van der Waals surface area contributed by atoms with Crippen molar-refractivity contribution in [2.24, 2.45) is 18.9 Å². The number of amides is 4. The van der Waals surface area contributed by atoms with E-state index in [1.807, 2.05) is 35.2 Å². The zero-order valence-corrected chi connectivity index (χ0v) is 28.4. The summed E-state index contributed by atoms with van der Waals surface area (Å²) in [6.07, 6.45) is 7.70. The van der Waals surface area contributed by atoms with Gasteiger partial charge in [0.15, 0.2) is 0 Å². The highest BCUT2D eigenvalue weighted by Crippen LogP contribution is 2.32. The van der Waals surface area contributed by atoms with Crippen molar-refractivity contribution in [3.05, 3.63) is 78.0 Å². The molecule has 3 atom stereocenters. The lowest BCUT2D eigenvalue weighted by Crippen LogP contribution is -2.60. The number of hydrogen-bond donors (Lipinski definition) is 3. The molecule has 1 saturated heterocycles. The molecule has 11 nitrogen and oxygen atoms in total. The molecule has 0 unspecified atom stereocenters. The molecule has 0 radical (unpaired) electrons. The van der Waals surface area contributed by atoms with Crippen molar-refractivity contribution in [1.29, 1.82) is 0 Å². The monoisotopic (exact) mass is 655 g/mol. The summed E-state index contributed by atoms with van der Waals surface area (Å²) in [5.74, 6) is -1.26. The standard InChI is InChI=1S/C37H49N7O4/c1-4-33(45)40-31(37(48)44-22-21-42(2)25-30(44)23-26-11-7-5-8-12-26)24-27-15-17-29(18-16-27)39-35(46)34(28-13-9-6-10-14-28)36(47)41-32-19-20-38-43(32)3/h5,7-8,11-12,15-20,28,30-31,34H,4,6,9-10,13-14,21-25H2,1-3H3,(H,39,46)(H,40,45)(H,41,47)/t30-,31-,34+/m1/s1. The number of nitrogens with one attached hydrogen (secondary N) is 3. The van der Waals surface area contributed by atoms with Crippen LogP contribution in [0.3, 0.4) is 0 Å². The fourth-order valence-electron chi connectivity index (χ4n) is 6.95. The Morgan fingerprint density at radius 3 is 2.23 bits per heavy atom. The van der Waals surface area contributed by atoms with Gasteiger partial charge in [0.25, 0.3) is 0 Å². The highest BCUT2D eigenvalue weighted by Gasteiger charge is 2.37. The molecular formula is C37H49N7O4. The van der Waals surface area contributed by atoms with Crippen LogP contribution in [0.15, 0.2) is 66.9 Å². The summed E-state index contributed by atoms with van der Waals surface area (Å²) < 4.78 is 1.57. The molecule has 0 bridgehead atoms. The Morgan fingerprint density at radius 1 is 0.854 bits per heavy atom. The maximum Gasteiger partial charge on any atom is 0.245 e. The van der Waals surface area contributed by atoms with Crippen molar-refractivity contribution >= 4 is 35.1 Å². The first-order valence-electron chi connectivity index (χ1n) is 17.2. The van der Waals surface area contributed by atoms with Crippen LogP contribution in [0.25, 0.3) is 0 Å². The van der Waals surface area contributed by atoms with Gasteiger partial charge in [-0.15, -0.1) is 0 Å². The zero-order chi connectivity index (χ0) is 34.0. The Morgan fingerprint density at radius 2 is 1.56 bits per heavy atom. The predicted molar refractivity (Wildman–Crippen MR) is 186 cm³/mol. The molecule has 1 aromatic heterocycles. The van der Waals surface area contributed by atoms with Crippen LogP contribution in [0.5, 0.6) is 0 Å². The number of nitrogens with zero attached hydrogens (tertiary/aromatic N) is 4. The fraction of sp³-hybridized carbons (Fsp3) is 0.486. The summed E-state index contributed by atoms with van der Waals surface area (Å²) >= 11 is 0. The highest BCUT2D eigenvalue weighted by molar-refractivity contribution is 6.10. The number of piperazine rings is 1. The van der Waals surface area contributed by atoms with E-state index in [9.17, 15) is 19.2 Å². The van der Waals surface area contributed by atoms with Gasteiger partial charge in [-0.2, -0.15) is 5.10 Å². The number of rotatable bonds is 12. The van der Waals surface area contributed by atoms with E-state index < -0.39 is 12.0 Å². The quantitative estimate of drug-likeness (QED) is 0.253. The molecule has 4 amide bonds. The van der Waals surface area contributed by atoms with E-state index in [1.54, 1.807) is 43.0 Å². The first kappa shape index (κ1) is 34.8. The number of likely N-dealkylation sites (N-methyl/N-ethyl adjacent to an activating group) is 1. The van der Waals surface area contributed by atoms with Gasteiger partial charge >= 0.3 is 0 Å². The molecule has 48 heavy (non-hydrogen) atoms. The summed E-state index contributed by atoms with van der Waals surface area (Å²) in [5.41, 5.74) is 2.59. The zero-order valence-electron chi connectivity index (χ0n) is 28.4. The molecule has 2 aliphatic rings. The second-order valence-corrected chi connectivity index (χ2v) is 13.2. The smallest absolute Gasteiger partial charge is 0.245 e. The first-order valence-corrected chi connectivity index (χ1v) is 17.2. The summed E-state index contributed by atoms with van der Waals surface area (Å²) in [4.78, 5) is 57.9. The minimum atomic E-state index is -0.835. The van der Waals surface area contributed by atoms with Gasteiger partial charge in [-0.1, -0.05) is 68.7 Å². The second-order valence-electron chi connectivity index (χ2n) is 13.2. The lowest BCUT2D eigenvalue weighted by Gasteiger charge is -2.41. The van der Waals surface area contributed by atoms with Crippen molar-refractivity contribution in [3.63, 3.8) is 0 Å². The molecule has 1 aliphatic carbocycles. The number of carbonyl (C=O) groups excluding carboxylic acids is 4. The molecule has 5 rings (SSSR count). The van der Waals surface area contributed by atoms with Gasteiger partial charge in [-0.25, -0.2) is 0 Å². The molecule has 1 saturated carbocycles. The maximum atomic E-state index is 14.1. The van der Waals surface area contributed by atoms with E-state index in [1.165, 1.54) is 5.56 Å². The van der Waals surface area contributed by atoms with Crippen LogP contribution < -0.4 is 16.0 Å². The lowest BCUT2D eigenvalue weighted by atomic mass is 9.79. The van der Waals surface area contributed by atoms with Crippen LogP contribution >= 0.6 is 0 Å². The minimum absolute atomic E-state index is 0.00976. The number of hydrogen-bond acceptors (Lipinski definition) is 6. The van der Waals surface area contributed by atoms with E-state index in [4.69, 9.17) is 0 Å². The number of aryl methyl sites for hydroxylation is 1. The largest absolute Gasteiger partial charge is 0.344 e. The van der Waals surface area contributed by atoms with Crippen LogP contribution in [0.2, 0.25) is 0 Å². The van der Waals surface area contributed by atoms with Gasteiger partial charge in [0.1, 0.15) is 17.8 Å². The van der Waals surface area contributed by atoms with Crippen molar-refractivity contribution in [2.45, 2.75) is 70.4 Å². The van der Waals surface area contributed by atoms with E-state index in [2.05, 4.69) is 45.1 Å². The van der Waals surface area contributed by atoms with E-state index >= 15 is 0 Å². The van der Waals surface area contributed by atoms with Crippen LogP contribution in [0.1, 0.15) is 56.6 Å². The van der Waals surface area contributed by atoms with Gasteiger partial charge in [-0.05, 0) is 55.5 Å². The third kappa shape index (κ3) is 9.09. The average molecular weight is 656 g/mol. The van der Waals surface area contributed by atoms with E-state index in [0.29, 0.717) is 24.5 Å². The molecule has 0 spiro atoms. The molecule has 3 aromatic rings. The Kier molecular flexibility index (Phi) is 12.0. The summed E-state index contributed by atoms with van der Waals surface area (Å²) in [5, 5.41) is 13.0. The van der Waals surface area contributed by atoms with Gasteiger partial charge in [0, 0.05) is 57.3 Å². The predicted octanol–water partition coefficient (Wildman–Crippen LogP) is 4.02. The summed E-state index contributed by atoms with van der Waals surface area (Å²) in [6, 6.07) is 18.5. The van der Waals surface area contributed by atoms with Crippen LogP contribution in [0, 0.1) is 11.8 Å². The molecule has 3 N–H and O–H groups in total. The van der Waals surface area contributed by atoms with Gasteiger partial charge < -0.3 is 25.8 Å². The molecule has 1 aliphatic heterocycles. The molecular weight excluding hydrogens is 606 g/mol. The maximum absolute atomic E-state index is 14.1. The minimum Gasteiger partial charge on any atom is -0.344 e. The van der Waals surface area contributed by atoms with Gasteiger partial charge in [-0.3, -0.25) is 23.9 Å². The number of anilines is 2. The average Bonchev–Trinajstić information content (AvgIpc) is 3.49. The van der Waals surface area contributed by atoms with Crippen molar-refractivity contribution in [2.75, 3.05) is 37.3 Å². The fourth-order valence-corrected chi connectivity index (χ4v) is 6.95. The van der Waals surface area contributed by atoms with Crippen LogP contribution in [-0.4, -0.2) is 82.0 Å². The molecule has 2 fully saturated rings. The third-order valence-corrected chi connectivity index (χ3v) is 9.66. The second kappa shape index (κ2) is 16.5. The van der Waals surface area contributed by atoms with Gasteiger partial charge in [0.05, 0.1) is 6.20 Å².